The molecule has 0 fully saturated rings. The number of anilines is 1. The van der Waals surface area contributed by atoms with Crippen molar-refractivity contribution in [2.24, 2.45) is 5.41 Å². The van der Waals surface area contributed by atoms with Gasteiger partial charge in [0.05, 0.1) is 5.69 Å². The molecule has 1 atom stereocenters. The molecule has 6 nitrogen and oxygen atoms in total. The van der Waals surface area contributed by atoms with E-state index in [1.165, 1.54) is 17.7 Å². The van der Waals surface area contributed by atoms with Crippen molar-refractivity contribution >= 4 is 22.5 Å². The van der Waals surface area contributed by atoms with Crippen molar-refractivity contribution in [1.29, 1.82) is 0 Å². The van der Waals surface area contributed by atoms with Gasteiger partial charge in [-0.05, 0) is 49.8 Å². The van der Waals surface area contributed by atoms with Crippen LogP contribution in [0.2, 0.25) is 0 Å². The van der Waals surface area contributed by atoms with E-state index in [0.29, 0.717) is 5.41 Å². The van der Waals surface area contributed by atoms with Crippen molar-refractivity contribution in [3.05, 3.63) is 35.5 Å². The second-order valence-electron chi connectivity index (χ2n) is 8.60. The van der Waals surface area contributed by atoms with E-state index in [0.717, 1.165) is 40.8 Å². The number of benzene rings is 1. The monoisotopic (exact) mass is 380 g/mol. The molecule has 2 aromatic heterocycles. The average molecular weight is 380 g/mol. The largest absolute Gasteiger partial charge is 0.372 e. The van der Waals surface area contributed by atoms with Gasteiger partial charge in [-0.2, -0.15) is 5.10 Å². The molecule has 0 bridgehead atoms. The van der Waals surface area contributed by atoms with E-state index in [-0.39, 0.29) is 5.91 Å². The summed E-state index contributed by atoms with van der Waals surface area (Å²) in [4.78, 5) is 17.5. The molecule has 0 unspecified atom stereocenters. The molecule has 2 heterocycles. The van der Waals surface area contributed by atoms with Crippen LogP contribution in [0.3, 0.4) is 0 Å². The number of carbonyl (C=O) groups excluding carboxylic acids is 1. The lowest BCUT2D eigenvalue weighted by atomic mass is 9.76. The molecule has 0 radical (unpaired) electrons. The maximum Gasteiger partial charge on any atom is 0.255 e. The average Bonchev–Trinajstić information content (AvgIpc) is 3.27. The first-order valence-corrected chi connectivity index (χ1v) is 9.79. The molecule has 0 saturated carbocycles. The number of ether oxygens (including phenoxy) is 1. The van der Waals surface area contributed by atoms with E-state index in [1.807, 2.05) is 18.2 Å². The maximum atomic E-state index is 12.4. The number of rotatable bonds is 4. The van der Waals surface area contributed by atoms with Gasteiger partial charge in [-0.1, -0.05) is 19.9 Å². The van der Waals surface area contributed by atoms with Crippen molar-refractivity contribution in [2.75, 3.05) is 19.1 Å². The molecule has 1 aliphatic carbocycles. The number of amides is 1. The fraction of sp³-hybridized carbons (Fsp3) is 0.455. The number of aromatic nitrogens is 3. The van der Waals surface area contributed by atoms with Crippen LogP contribution >= 0.6 is 0 Å². The van der Waals surface area contributed by atoms with Crippen LogP contribution in [0.5, 0.6) is 0 Å². The van der Waals surface area contributed by atoms with E-state index in [4.69, 9.17) is 4.74 Å². The molecule has 148 valence electrons. The van der Waals surface area contributed by atoms with Gasteiger partial charge in [-0.25, -0.2) is 0 Å². The minimum absolute atomic E-state index is 0.0717. The SMILES string of the molecule is CO[C@H](C)C(=O)N(C)c1ccc2cc(-c3n[nH]c4c3CCC(C)(C)C4)[nH]c2c1. The molecule has 0 spiro atoms. The second kappa shape index (κ2) is 6.78. The van der Waals surface area contributed by atoms with Gasteiger partial charge in [0.2, 0.25) is 0 Å². The third-order valence-electron chi connectivity index (χ3n) is 5.94. The molecule has 1 aliphatic rings. The Hall–Kier alpha value is -2.60. The number of aromatic amines is 2. The Morgan fingerprint density at radius 2 is 2.11 bits per heavy atom. The first-order valence-electron chi connectivity index (χ1n) is 9.79. The number of methoxy groups -OCH3 is 1. The summed E-state index contributed by atoms with van der Waals surface area (Å²) >= 11 is 0. The molecular weight excluding hydrogens is 352 g/mol. The van der Waals surface area contributed by atoms with E-state index in [1.54, 1.807) is 26.0 Å². The lowest BCUT2D eigenvalue weighted by molar-refractivity contribution is -0.127. The van der Waals surface area contributed by atoms with Gasteiger partial charge in [0.25, 0.3) is 5.91 Å². The summed E-state index contributed by atoms with van der Waals surface area (Å²) < 4.78 is 5.15. The molecule has 2 N–H and O–H groups in total. The molecule has 1 amide bonds. The molecule has 0 saturated heterocycles. The van der Waals surface area contributed by atoms with Gasteiger partial charge in [-0.3, -0.25) is 9.89 Å². The molecule has 6 heteroatoms. The normalized spacial score (nSPS) is 16.8. The lowest BCUT2D eigenvalue weighted by Gasteiger charge is -2.28. The summed E-state index contributed by atoms with van der Waals surface area (Å²) in [6.07, 6.45) is 2.77. The van der Waals surface area contributed by atoms with Gasteiger partial charge >= 0.3 is 0 Å². The van der Waals surface area contributed by atoms with Gasteiger partial charge in [-0.15, -0.1) is 0 Å². The van der Waals surface area contributed by atoms with Crippen LogP contribution in [0.15, 0.2) is 24.3 Å². The van der Waals surface area contributed by atoms with Gasteiger partial charge in [0.15, 0.2) is 0 Å². The highest BCUT2D eigenvalue weighted by atomic mass is 16.5. The summed E-state index contributed by atoms with van der Waals surface area (Å²) in [5.74, 6) is -0.0717. The predicted octanol–water partition coefficient (Wildman–Crippen LogP) is 4.07. The molecular formula is C22H28N4O2. The Kier molecular flexibility index (Phi) is 4.54. The standard InChI is InChI=1S/C22H28N4O2/c1-13(28-5)21(27)26(4)15-7-6-14-10-18(23-17(14)11-15)20-16-8-9-22(2,3)12-19(16)24-25-20/h6-7,10-11,13,23H,8-9,12H2,1-5H3,(H,24,25)/t13-/m1/s1. The minimum atomic E-state index is -0.472. The number of likely N-dealkylation sites (N-methyl/N-ethyl adjacent to an activating group) is 1. The quantitative estimate of drug-likeness (QED) is 0.716. The zero-order valence-electron chi connectivity index (χ0n) is 17.2. The first-order chi connectivity index (χ1) is 13.3. The Morgan fingerprint density at radius 1 is 1.32 bits per heavy atom. The van der Waals surface area contributed by atoms with Crippen molar-refractivity contribution in [2.45, 2.75) is 46.1 Å². The third-order valence-corrected chi connectivity index (χ3v) is 5.94. The van der Waals surface area contributed by atoms with Crippen molar-refractivity contribution < 1.29 is 9.53 Å². The van der Waals surface area contributed by atoms with Crippen molar-refractivity contribution in [1.82, 2.24) is 15.2 Å². The fourth-order valence-corrected chi connectivity index (χ4v) is 4.02. The Labute approximate surface area is 165 Å². The molecule has 3 aromatic rings. The highest BCUT2D eigenvalue weighted by Gasteiger charge is 2.29. The highest BCUT2D eigenvalue weighted by molar-refractivity contribution is 5.98. The Bertz CT molecular complexity index is 1030. The number of nitrogens with zero attached hydrogens (tertiary/aromatic N) is 2. The Morgan fingerprint density at radius 3 is 2.86 bits per heavy atom. The molecule has 0 aliphatic heterocycles. The van der Waals surface area contributed by atoms with Gasteiger partial charge < -0.3 is 14.6 Å². The minimum Gasteiger partial charge on any atom is -0.372 e. The Balaban J connectivity index is 1.67. The van der Waals surface area contributed by atoms with E-state index in [2.05, 4.69) is 35.1 Å². The van der Waals surface area contributed by atoms with Crippen LogP contribution in [-0.4, -0.2) is 41.3 Å². The van der Waals surface area contributed by atoms with Crippen LogP contribution < -0.4 is 4.90 Å². The van der Waals surface area contributed by atoms with Crippen molar-refractivity contribution in [3.63, 3.8) is 0 Å². The van der Waals surface area contributed by atoms with Crippen LogP contribution in [0.4, 0.5) is 5.69 Å². The summed E-state index contributed by atoms with van der Waals surface area (Å²) in [6, 6.07) is 8.13. The van der Waals surface area contributed by atoms with Crippen molar-refractivity contribution in [3.8, 4) is 11.4 Å². The van der Waals surface area contributed by atoms with Crippen LogP contribution in [0, 0.1) is 5.41 Å². The van der Waals surface area contributed by atoms with Gasteiger partial charge in [0.1, 0.15) is 11.8 Å². The first kappa shape index (κ1) is 18.7. The third kappa shape index (κ3) is 3.22. The number of nitrogens with one attached hydrogen (secondary N) is 2. The molecule has 1 aromatic carbocycles. The van der Waals surface area contributed by atoms with E-state index in [9.17, 15) is 4.79 Å². The number of carbonyl (C=O) groups is 1. The summed E-state index contributed by atoms with van der Waals surface area (Å²) in [7, 11) is 3.32. The smallest absolute Gasteiger partial charge is 0.255 e. The number of fused-ring (bicyclic) bond motifs is 2. The zero-order valence-corrected chi connectivity index (χ0v) is 17.2. The number of hydrogen-bond donors (Lipinski definition) is 2. The van der Waals surface area contributed by atoms with E-state index < -0.39 is 6.10 Å². The summed E-state index contributed by atoms with van der Waals surface area (Å²) in [6.45, 7) is 6.37. The van der Waals surface area contributed by atoms with Crippen LogP contribution in [-0.2, 0) is 22.4 Å². The number of hydrogen-bond acceptors (Lipinski definition) is 3. The highest BCUT2D eigenvalue weighted by Crippen LogP contribution is 2.38. The predicted molar refractivity (Wildman–Crippen MR) is 112 cm³/mol. The van der Waals surface area contributed by atoms with Crippen LogP contribution in [0.1, 0.15) is 38.4 Å². The molecule has 4 rings (SSSR count). The lowest BCUT2D eigenvalue weighted by Crippen LogP contribution is -2.35. The second-order valence-corrected chi connectivity index (χ2v) is 8.60. The van der Waals surface area contributed by atoms with E-state index >= 15 is 0 Å². The van der Waals surface area contributed by atoms with Gasteiger partial charge in [0, 0.05) is 42.0 Å². The number of H-pyrrole nitrogens is 2. The topological polar surface area (TPSA) is 74.0 Å². The molecule has 28 heavy (non-hydrogen) atoms. The maximum absolute atomic E-state index is 12.4. The summed E-state index contributed by atoms with van der Waals surface area (Å²) in [5, 5.41) is 8.97. The van der Waals surface area contributed by atoms with Crippen LogP contribution in [0.25, 0.3) is 22.3 Å². The zero-order chi connectivity index (χ0) is 20.1. The fourth-order valence-electron chi connectivity index (χ4n) is 4.02. The summed E-state index contributed by atoms with van der Waals surface area (Å²) in [5.41, 5.74) is 6.76.